The average molecular weight is 319 g/mol. The molecule has 1 aliphatic carbocycles. The second-order valence-electron chi connectivity index (χ2n) is 5.54. The number of amides is 1. The number of rotatable bonds is 4. The highest BCUT2D eigenvalue weighted by atomic mass is 16.7. The molecule has 1 atom stereocenters. The number of nitrogens with one attached hydrogen (secondary N) is 1. The van der Waals surface area contributed by atoms with Crippen molar-refractivity contribution in [2.24, 2.45) is 11.0 Å². The highest BCUT2D eigenvalue weighted by molar-refractivity contribution is 5.84. The van der Waals surface area contributed by atoms with E-state index in [0.717, 1.165) is 12.8 Å². The molecule has 1 aliphatic heterocycles. The highest BCUT2D eigenvalue weighted by Gasteiger charge is 2.51. The van der Waals surface area contributed by atoms with Crippen molar-refractivity contribution in [1.29, 1.82) is 0 Å². The summed E-state index contributed by atoms with van der Waals surface area (Å²) in [5.74, 6) is -1.38. The van der Waals surface area contributed by atoms with Crippen LogP contribution in [0, 0.1) is 16.0 Å². The van der Waals surface area contributed by atoms with Crippen molar-refractivity contribution in [3.63, 3.8) is 0 Å². The van der Waals surface area contributed by atoms with E-state index in [0.29, 0.717) is 25.2 Å². The Balaban J connectivity index is 1.59. The van der Waals surface area contributed by atoms with Crippen molar-refractivity contribution in [2.75, 3.05) is 13.2 Å². The van der Waals surface area contributed by atoms with Gasteiger partial charge in [-0.05, 0) is 30.5 Å². The number of carbonyl (C=O) groups excluding carboxylic acids is 1. The number of hydrogen-bond donors (Lipinski definition) is 1. The molecular weight excluding hydrogens is 302 g/mol. The lowest BCUT2D eigenvalue weighted by Crippen LogP contribution is -2.43. The van der Waals surface area contributed by atoms with Gasteiger partial charge in [-0.25, -0.2) is 5.43 Å². The van der Waals surface area contributed by atoms with Gasteiger partial charge < -0.3 is 9.47 Å². The summed E-state index contributed by atoms with van der Waals surface area (Å²) in [4.78, 5) is 22.4. The van der Waals surface area contributed by atoms with Crippen molar-refractivity contribution < 1.29 is 19.2 Å². The van der Waals surface area contributed by atoms with E-state index in [2.05, 4.69) is 10.5 Å². The Hall–Kier alpha value is -2.32. The lowest BCUT2D eigenvalue weighted by atomic mass is 10.0. The van der Waals surface area contributed by atoms with Crippen LogP contribution in [-0.2, 0) is 14.3 Å². The van der Waals surface area contributed by atoms with Gasteiger partial charge in [0.25, 0.3) is 5.69 Å². The first kappa shape index (κ1) is 15.6. The second-order valence-corrected chi connectivity index (χ2v) is 5.54. The minimum atomic E-state index is -0.785. The summed E-state index contributed by atoms with van der Waals surface area (Å²) in [6.07, 6.45) is 3.75. The third-order valence-electron chi connectivity index (χ3n) is 4.13. The van der Waals surface area contributed by atoms with Crippen molar-refractivity contribution in [1.82, 2.24) is 5.43 Å². The fourth-order valence-corrected chi connectivity index (χ4v) is 3.02. The number of hydrazone groups is 1. The standard InChI is InChI=1S/C15H17N3O5/c19-14(13-2-1-7-15(13)22-8-9-23-15)17-16-10-11-3-5-12(6-4-11)18(20)21/h3-6,10,13H,1-2,7-9H2,(H,17,19)/b16-10-/t13-/m0/s1. The van der Waals surface area contributed by atoms with Crippen molar-refractivity contribution in [3.8, 4) is 0 Å². The maximum atomic E-state index is 12.3. The molecule has 3 rings (SSSR count). The molecular formula is C15H17N3O5. The van der Waals surface area contributed by atoms with Crippen LogP contribution in [-0.4, -0.2) is 36.0 Å². The van der Waals surface area contributed by atoms with Gasteiger partial charge in [-0.15, -0.1) is 0 Å². The van der Waals surface area contributed by atoms with E-state index in [9.17, 15) is 14.9 Å². The first-order valence-electron chi connectivity index (χ1n) is 7.46. The Kier molecular flexibility index (Phi) is 4.35. The number of nitro benzene ring substituents is 1. The molecule has 0 bridgehead atoms. The number of carbonyl (C=O) groups is 1. The second kappa shape index (κ2) is 6.43. The van der Waals surface area contributed by atoms with E-state index in [-0.39, 0.29) is 17.5 Å². The maximum Gasteiger partial charge on any atom is 0.269 e. The zero-order valence-corrected chi connectivity index (χ0v) is 12.4. The molecule has 0 aromatic heterocycles. The Labute approximate surface area is 132 Å². The Bertz CT molecular complexity index is 617. The van der Waals surface area contributed by atoms with Gasteiger partial charge >= 0.3 is 0 Å². The molecule has 2 fully saturated rings. The molecule has 122 valence electrons. The molecule has 0 unspecified atom stereocenters. The van der Waals surface area contributed by atoms with Gasteiger partial charge in [-0.1, -0.05) is 0 Å². The molecule has 1 spiro atoms. The fraction of sp³-hybridized carbons (Fsp3) is 0.467. The first-order valence-corrected chi connectivity index (χ1v) is 7.46. The summed E-state index contributed by atoms with van der Waals surface area (Å²) >= 11 is 0. The van der Waals surface area contributed by atoms with Gasteiger partial charge in [0.1, 0.15) is 0 Å². The smallest absolute Gasteiger partial charge is 0.269 e. The average Bonchev–Trinajstić information content (AvgIpc) is 3.18. The summed E-state index contributed by atoms with van der Waals surface area (Å²) < 4.78 is 11.3. The molecule has 1 N–H and O–H groups in total. The van der Waals surface area contributed by atoms with Crippen LogP contribution in [0.15, 0.2) is 29.4 Å². The molecule has 1 aromatic rings. The number of non-ortho nitro benzene ring substituents is 1. The van der Waals surface area contributed by atoms with Crippen molar-refractivity contribution in [2.45, 2.75) is 25.0 Å². The monoisotopic (exact) mass is 319 g/mol. The Morgan fingerprint density at radius 1 is 1.35 bits per heavy atom. The molecule has 1 saturated heterocycles. The summed E-state index contributed by atoms with van der Waals surface area (Å²) in [5, 5.41) is 14.5. The minimum Gasteiger partial charge on any atom is -0.347 e. The highest BCUT2D eigenvalue weighted by Crippen LogP contribution is 2.42. The van der Waals surface area contributed by atoms with E-state index in [1.54, 1.807) is 12.1 Å². The fourth-order valence-electron chi connectivity index (χ4n) is 3.02. The molecule has 0 radical (unpaired) electrons. The summed E-state index contributed by atoms with van der Waals surface area (Å²) in [7, 11) is 0. The number of benzene rings is 1. The molecule has 1 saturated carbocycles. The van der Waals surface area contributed by atoms with E-state index in [1.807, 2.05) is 0 Å². The largest absolute Gasteiger partial charge is 0.347 e. The van der Waals surface area contributed by atoms with Gasteiger partial charge in [-0.2, -0.15) is 5.10 Å². The normalized spacial score (nSPS) is 22.7. The van der Waals surface area contributed by atoms with Crippen LogP contribution in [0.2, 0.25) is 0 Å². The van der Waals surface area contributed by atoms with Gasteiger partial charge in [0.15, 0.2) is 5.79 Å². The number of nitrogens with zero attached hydrogens (tertiary/aromatic N) is 2. The summed E-state index contributed by atoms with van der Waals surface area (Å²) in [5.41, 5.74) is 3.16. The molecule has 8 heteroatoms. The molecule has 1 amide bonds. The van der Waals surface area contributed by atoms with Crippen molar-refractivity contribution >= 4 is 17.8 Å². The zero-order valence-electron chi connectivity index (χ0n) is 12.4. The molecule has 1 aromatic carbocycles. The Morgan fingerprint density at radius 3 is 2.70 bits per heavy atom. The maximum absolute atomic E-state index is 12.3. The quantitative estimate of drug-likeness (QED) is 0.515. The van der Waals surface area contributed by atoms with E-state index in [1.165, 1.54) is 18.3 Å². The zero-order chi connectivity index (χ0) is 16.3. The van der Waals surface area contributed by atoms with Crippen molar-refractivity contribution in [3.05, 3.63) is 39.9 Å². The van der Waals surface area contributed by atoms with Gasteiger partial charge in [0.2, 0.25) is 5.91 Å². The van der Waals surface area contributed by atoms with E-state index in [4.69, 9.17) is 9.47 Å². The summed E-state index contributed by atoms with van der Waals surface area (Å²) in [6.45, 7) is 1.02. The molecule has 8 nitrogen and oxygen atoms in total. The predicted octanol–water partition coefficient (Wildman–Crippen LogP) is 1.59. The molecule has 23 heavy (non-hydrogen) atoms. The van der Waals surface area contributed by atoms with E-state index >= 15 is 0 Å². The van der Waals surface area contributed by atoms with Gasteiger partial charge in [-0.3, -0.25) is 14.9 Å². The Morgan fingerprint density at radius 2 is 2.04 bits per heavy atom. The van der Waals surface area contributed by atoms with Gasteiger partial charge in [0, 0.05) is 18.6 Å². The number of hydrogen-bond acceptors (Lipinski definition) is 6. The number of nitro groups is 1. The van der Waals surface area contributed by atoms with E-state index < -0.39 is 10.7 Å². The minimum absolute atomic E-state index is 0.00890. The van der Waals surface area contributed by atoms with Crippen LogP contribution in [0.1, 0.15) is 24.8 Å². The van der Waals surface area contributed by atoms with Crippen LogP contribution in [0.4, 0.5) is 5.69 Å². The van der Waals surface area contributed by atoms with Crippen LogP contribution >= 0.6 is 0 Å². The van der Waals surface area contributed by atoms with Crippen LogP contribution < -0.4 is 5.43 Å². The third kappa shape index (κ3) is 3.22. The van der Waals surface area contributed by atoms with Crippen LogP contribution in [0.5, 0.6) is 0 Å². The number of ether oxygens (including phenoxy) is 2. The third-order valence-corrected chi connectivity index (χ3v) is 4.13. The van der Waals surface area contributed by atoms with Crippen LogP contribution in [0.3, 0.4) is 0 Å². The lowest BCUT2D eigenvalue weighted by molar-refractivity contribution is -0.384. The molecule has 1 heterocycles. The molecule has 2 aliphatic rings. The topological polar surface area (TPSA) is 103 Å². The van der Waals surface area contributed by atoms with Gasteiger partial charge in [0.05, 0.1) is 30.3 Å². The van der Waals surface area contributed by atoms with Crippen LogP contribution in [0.25, 0.3) is 0 Å². The first-order chi connectivity index (χ1) is 11.1. The lowest BCUT2D eigenvalue weighted by Gasteiger charge is -2.27. The summed E-state index contributed by atoms with van der Waals surface area (Å²) in [6, 6.07) is 5.90. The predicted molar refractivity (Wildman–Crippen MR) is 80.8 cm³/mol. The SMILES string of the molecule is O=C(N/N=C\c1ccc([N+](=O)[O-])cc1)[C@@H]1CCCC12OCCO2.